The Hall–Kier alpha value is -2.81. The Morgan fingerprint density at radius 1 is 1.37 bits per heavy atom. The maximum absolute atomic E-state index is 11.9. The molecule has 19 heavy (non-hydrogen) atoms. The van der Waals surface area contributed by atoms with E-state index in [2.05, 4.69) is 5.10 Å². The van der Waals surface area contributed by atoms with Gasteiger partial charge >= 0.3 is 0 Å². The Kier molecular flexibility index (Phi) is 3.48. The van der Waals surface area contributed by atoms with Crippen molar-refractivity contribution in [2.45, 2.75) is 13.0 Å². The average Bonchev–Trinajstić information content (AvgIpc) is 2.74. The first-order chi connectivity index (χ1) is 9.15. The quantitative estimate of drug-likeness (QED) is 0.839. The van der Waals surface area contributed by atoms with Crippen LogP contribution in [0.15, 0.2) is 35.1 Å². The van der Waals surface area contributed by atoms with Crippen LogP contribution in [0.25, 0.3) is 11.3 Å². The molecule has 6 nitrogen and oxygen atoms in total. The van der Waals surface area contributed by atoms with Gasteiger partial charge in [0.05, 0.1) is 36.3 Å². The molecule has 1 aromatic carbocycles. The Bertz CT molecular complexity index is 692. The van der Waals surface area contributed by atoms with Gasteiger partial charge in [-0.05, 0) is 0 Å². The van der Waals surface area contributed by atoms with Crippen molar-refractivity contribution in [2.75, 3.05) is 0 Å². The van der Waals surface area contributed by atoms with Crippen LogP contribution in [0.2, 0.25) is 0 Å². The summed E-state index contributed by atoms with van der Waals surface area (Å²) >= 11 is 0. The summed E-state index contributed by atoms with van der Waals surface area (Å²) in [5.41, 5.74) is -0.323. The average molecular weight is 256 g/mol. The fourth-order valence-corrected chi connectivity index (χ4v) is 1.81. The van der Waals surface area contributed by atoms with E-state index in [1.54, 1.807) is 30.3 Å². The van der Waals surface area contributed by atoms with Gasteiger partial charge in [0.2, 0.25) is 0 Å². The number of nitriles is 1. The number of carbonyl (C=O) groups excluding carboxylic acids is 1. The first-order valence-electron chi connectivity index (χ1n) is 5.61. The molecule has 0 aliphatic heterocycles. The number of nitrogens with zero attached hydrogens (tertiary/aromatic N) is 2. The van der Waals surface area contributed by atoms with Crippen molar-refractivity contribution in [3.8, 4) is 17.3 Å². The molecule has 96 valence electrons. The van der Waals surface area contributed by atoms with Gasteiger partial charge in [0.15, 0.2) is 0 Å². The van der Waals surface area contributed by atoms with E-state index in [9.17, 15) is 14.7 Å². The van der Waals surface area contributed by atoms with Gasteiger partial charge in [-0.25, -0.2) is 0 Å². The lowest BCUT2D eigenvalue weighted by molar-refractivity contribution is -0.255. The van der Waals surface area contributed by atoms with E-state index >= 15 is 0 Å². The molecule has 0 fully saturated rings. The fraction of sp³-hybridized carbons (Fsp3) is 0.154. The third-order valence-electron chi connectivity index (χ3n) is 2.67. The molecule has 1 aromatic heterocycles. The predicted molar refractivity (Wildman–Crippen MR) is 65.0 cm³/mol. The molecule has 0 aliphatic rings. The van der Waals surface area contributed by atoms with Crippen LogP contribution in [-0.4, -0.2) is 15.7 Å². The van der Waals surface area contributed by atoms with E-state index in [0.717, 1.165) is 4.68 Å². The zero-order chi connectivity index (χ0) is 13.8. The van der Waals surface area contributed by atoms with E-state index in [1.807, 2.05) is 6.07 Å². The smallest absolute Gasteiger partial charge is 0.276 e. The second kappa shape index (κ2) is 5.23. The molecule has 0 unspecified atom stereocenters. The molecule has 2 rings (SSSR count). The highest BCUT2D eigenvalue weighted by Gasteiger charge is 2.16. The SMILES string of the molecule is N#CCCn1[nH]c(-c2ccccc2)c(C(=O)[O-])c1=O. The molecule has 0 amide bonds. The number of hydrogen-bond donors (Lipinski definition) is 1. The summed E-state index contributed by atoms with van der Waals surface area (Å²) < 4.78 is 1.11. The lowest BCUT2D eigenvalue weighted by Gasteiger charge is -2.02. The van der Waals surface area contributed by atoms with E-state index in [1.165, 1.54) is 0 Å². The summed E-state index contributed by atoms with van der Waals surface area (Å²) in [6.45, 7) is 0.114. The summed E-state index contributed by atoms with van der Waals surface area (Å²) in [7, 11) is 0. The summed E-state index contributed by atoms with van der Waals surface area (Å²) in [5.74, 6) is -1.53. The van der Waals surface area contributed by atoms with Crippen LogP contribution in [0, 0.1) is 11.3 Å². The molecule has 0 aliphatic carbocycles. The number of aromatic carboxylic acids is 1. The van der Waals surface area contributed by atoms with Crippen molar-refractivity contribution < 1.29 is 9.90 Å². The third-order valence-corrected chi connectivity index (χ3v) is 2.67. The zero-order valence-electron chi connectivity index (χ0n) is 9.92. The number of aromatic nitrogens is 2. The highest BCUT2D eigenvalue weighted by atomic mass is 16.4. The highest BCUT2D eigenvalue weighted by Crippen LogP contribution is 2.18. The minimum Gasteiger partial charge on any atom is -0.545 e. The zero-order valence-corrected chi connectivity index (χ0v) is 9.92. The van der Waals surface area contributed by atoms with Crippen molar-refractivity contribution in [1.29, 1.82) is 5.26 Å². The number of H-pyrrole nitrogens is 1. The van der Waals surface area contributed by atoms with Crippen LogP contribution < -0.4 is 10.7 Å². The van der Waals surface area contributed by atoms with Crippen LogP contribution >= 0.6 is 0 Å². The number of nitrogens with one attached hydrogen (secondary N) is 1. The number of benzene rings is 1. The summed E-state index contributed by atoms with van der Waals surface area (Å²) in [4.78, 5) is 23.0. The molecule has 0 saturated carbocycles. The Balaban J connectivity index is 2.58. The second-order valence-corrected chi connectivity index (χ2v) is 3.88. The van der Waals surface area contributed by atoms with Crippen LogP contribution in [0.1, 0.15) is 16.8 Å². The molecular weight excluding hydrogens is 246 g/mol. The third kappa shape index (κ3) is 2.40. The van der Waals surface area contributed by atoms with Gasteiger partial charge < -0.3 is 9.90 Å². The van der Waals surface area contributed by atoms with Crippen molar-refractivity contribution in [3.05, 3.63) is 46.2 Å². The number of carbonyl (C=O) groups is 1. The lowest BCUT2D eigenvalue weighted by atomic mass is 10.1. The number of aryl methyl sites for hydroxylation is 1. The molecular formula is C13H10N3O3-. The Morgan fingerprint density at radius 3 is 2.63 bits per heavy atom. The van der Waals surface area contributed by atoms with Crippen LogP contribution in [0.4, 0.5) is 0 Å². The minimum atomic E-state index is -1.53. The van der Waals surface area contributed by atoms with Crippen LogP contribution in [0.5, 0.6) is 0 Å². The van der Waals surface area contributed by atoms with E-state index in [4.69, 9.17) is 5.26 Å². The molecule has 0 saturated heterocycles. The number of carboxylic acids is 1. The first kappa shape index (κ1) is 12.6. The number of carboxylic acid groups (broad SMARTS) is 1. The van der Waals surface area contributed by atoms with Crippen molar-refractivity contribution in [3.63, 3.8) is 0 Å². The standard InChI is InChI=1S/C13H11N3O3/c14-7-4-8-16-12(17)10(13(18)19)11(15-16)9-5-2-1-3-6-9/h1-3,5-6,15H,4,8H2,(H,18,19)/p-1. The largest absolute Gasteiger partial charge is 0.545 e. The molecule has 0 spiro atoms. The monoisotopic (exact) mass is 256 g/mol. The number of aromatic amines is 1. The topological polar surface area (TPSA) is 102 Å². The molecule has 1 heterocycles. The highest BCUT2D eigenvalue weighted by molar-refractivity contribution is 5.93. The van der Waals surface area contributed by atoms with Crippen LogP contribution in [0.3, 0.4) is 0 Å². The van der Waals surface area contributed by atoms with Gasteiger partial charge in [-0.3, -0.25) is 14.6 Å². The van der Waals surface area contributed by atoms with Crippen molar-refractivity contribution in [1.82, 2.24) is 9.78 Å². The number of hydrogen-bond acceptors (Lipinski definition) is 4. The Morgan fingerprint density at radius 2 is 2.05 bits per heavy atom. The van der Waals surface area contributed by atoms with E-state index < -0.39 is 17.1 Å². The van der Waals surface area contributed by atoms with Crippen molar-refractivity contribution >= 4 is 5.97 Å². The van der Waals surface area contributed by atoms with Gasteiger partial charge in [0.25, 0.3) is 5.56 Å². The molecule has 6 heteroatoms. The van der Waals surface area contributed by atoms with Crippen LogP contribution in [-0.2, 0) is 6.54 Å². The fourth-order valence-electron chi connectivity index (χ4n) is 1.81. The van der Waals surface area contributed by atoms with Gasteiger partial charge in [-0.1, -0.05) is 30.3 Å². The molecule has 0 atom stereocenters. The summed E-state index contributed by atoms with van der Waals surface area (Å²) in [5, 5.41) is 22.3. The van der Waals surface area contributed by atoms with Gasteiger partial charge in [0, 0.05) is 5.56 Å². The normalized spacial score (nSPS) is 10.1. The second-order valence-electron chi connectivity index (χ2n) is 3.88. The molecule has 2 aromatic rings. The first-order valence-corrected chi connectivity index (χ1v) is 5.61. The van der Waals surface area contributed by atoms with Gasteiger partial charge in [-0.2, -0.15) is 5.26 Å². The van der Waals surface area contributed by atoms with Gasteiger partial charge in [-0.15, -0.1) is 0 Å². The predicted octanol–water partition coefficient (Wildman–Crippen LogP) is 0.121. The summed E-state index contributed by atoms with van der Waals surface area (Å²) in [6.07, 6.45) is 0.112. The maximum Gasteiger partial charge on any atom is 0.276 e. The van der Waals surface area contributed by atoms with Crippen molar-refractivity contribution in [2.24, 2.45) is 0 Å². The number of rotatable bonds is 4. The minimum absolute atomic E-state index is 0.112. The molecule has 1 N–H and O–H groups in total. The lowest BCUT2D eigenvalue weighted by Crippen LogP contribution is -2.30. The Labute approximate surface area is 108 Å². The van der Waals surface area contributed by atoms with Gasteiger partial charge in [0.1, 0.15) is 0 Å². The molecule has 0 radical (unpaired) electrons. The summed E-state index contributed by atoms with van der Waals surface area (Å²) in [6, 6.07) is 10.5. The maximum atomic E-state index is 11.9. The van der Waals surface area contributed by atoms with E-state index in [0.29, 0.717) is 5.56 Å². The van der Waals surface area contributed by atoms with E-state index in [-0.39, 0.29) is 18.7 Å². The molecule has 0 bridgehead atoms.